The molecular weight excluding hydrogens is 382 g/mol. The normalized spacial score (nSPS) is 12.6. The van der Waals surface area contributed by atoms with Crippen molar-refractivity contribution < 1.29 is 4.74 Å². The molecule has 0 bridgehead atoms. The van der Waals surface area contributed by atoms with E-state index in [-0.39, 0.29) is 0 Å². The molecule has 1 aliphatic heterocycles. The molecule has 5 rings (SSSR count). The fraction of sp³-hybridized carbons (Fsp3) is 0.227. The number of anilines is 1. The Morgan fingerprint density at radius 3 is 2.93 bits per heavy atom. The maximum Gasteiger partial charge on any atom is 0.183 e. The van der Waals surface area contributed by atoms with Crippen molar-refractivity contribution in [1.82, 2.24) is 19.7 Å². The van der Waals surface area contributed by atoms with Crippen molar-refractivity contribution in [2.24, 2.45) is 0 Å². The molecule has 29 heavy (non-hydrogen) atoms. The molecule has 1 N–H and O–H groups in total. The van der Waals surface area contributed by atoms with Crippen molar-refractivity contribution in [3.8, 4) is 16.3 Å². The van der Waals surface area contributed by atoms with Crippen molar-refractivity contribution in [2.75, 3.05) is 11.9 Å². The zero-order chi connectivity index (χ0) is 19.6. The standard InChI is InChI=1S/C22H21N5OS/c1-15-21(19-6-10-27(26-19)14-16-4-8-23-9-5-16)29-22(25-15)24-13-17-2-3-20-18(12-17)7-11-28-20/h2-6,8-10,12H,7,11,13-14H2,1H3,(H,24,25). The number of hydrogen-bond donors (Lipinski definition) is 1. The second kappa shape index (κ2) is 7.67. The first-order chi connectivity index (χ1) is 14.2. The van der Waals surface area contributed by atoms with Gasteiger partial charge in [0, 0.05) is 31.6 Å². The van der Waals surface area contributed by atoms with E-state index in [1.165, 1.54) is 16.7 Å². The molecule has 4 heterocycles. The molecule has 0 saturated carbocycles. The Labute approximate surface area is 173 Å². The summed E-state index contributed by atoms with van der Waals surface area (Å²) < 4.78 is 7.53. The van der Waals surface area contributed by atoms with Gasteiger partial charge in [-0.25, -0.2) is 4.98 Å². The molecule has 0 fully saturated rings. The Morgan fingerprint density at radius 1 is 1.14 bits per heavy atom. The van der Waals surface area contributed by atoms with Crippen LogP contribution in [-0.2, 0) is 19.5 Å². The van der Waals surface area contributed by atoms with Gasteiger partial charge in [0.2, 0.25) is 0 Å². The fourth-order valence-electron chi connectivity index (χ4n) is 3.48. The van der Waals surface area contributed by atoms with Crippen LogP contribution in [0.5, 0.6) is 5.75 Å². The van der Waals surface area contributed by atoms with E-state index in [9.17, 15) is 0 Å². The molecule has 0 aliphatic carbocycles. The quantitative estimate of drug-likeness (QED) is 0.520. The van der Waals surface area contributed by atoms with Crippen molar-refractivity contribution in [1.29, 1.82) is 0 Å². The van der Waals surface area contributed by atoms with Crippen LogP contribution in [0.4, 0.5) is 5.13 Å². The van der Waals surface area contributed by atoms with Crippen LogP contribution < -0.4 is 10.1 Å². The van der Waals surface area contributed by atoms with Gasteiger partial charge in [-0.3, -0.25) is 9.67 Å². The van der Waals surface area contributed by atoms with Gasteiger partial charge in [-0.1, -0.05) is 23.5 Å². The molecule has 0 unspecified atom stereocenters. The van der Waals surface area contributed by atoms with E-state index in [0.717, 1.165) is 53.3 Å². The molecule has 7 heteroatoms. The van der Waals surface area contributed by atoms with E-state index in [2.05, 4.69) is 28.5 Å². The SMILES string of the molecule is Cc1nc(NCc2ccc3c(c2)CCO3)sc1-c1ccn(Cc2ccncc2)n1. The smallest absolute Gasteiger partial charge is 0.183 e. The van der Waals surface area contributed by atoms with Gasteiger partial charge in [-0.05, 0) is 47.9 Å². The predicted molar refractivity (Wildman–Crippen MR) is 114 cm³/mol. The van der Waals surface area contributed by atoms with Gasteiger partial charge in [0.1, 0.15) is 11.4 Å². The van der Waals surface area contributed by atoms with Crippen molar-refractivity contribution in [3.63, 3.8) is 0 Å². The highest BCUT2D eigenvalue weighted by atomic mass is 32.1. The van der Waals surface area contributed by atoms with Gasteiger partial charge < -0.3 is 10.1 Å². The molecule has 0 atom stereocenters. The Hall–Kier alpha value is -3.19. The lowest BCUT2D eigenvalue weighted by atomic mass is 10.1. The highest BCUT2D eigenvalue weighted by Crippen LogP contribution is 2.32. The first-order valence-corrected chi connectivity index (χ1v) is 10.4. The van der Waals surface area contributed by atoms with Crippen molar-refractivity contribution >= 4 is 16.5 Å². The second-order valence-corrected chi connectivity index (χ2v) is 8.08. The number of benzene rings is 1. The van der Waals surface area contributed by atoms with Crippen LogP contribution in [0.1, 0.15) is 22.4 Å². The maximum absolute atomic E-state index is 5.58. The van der Waals surface area contributed by atoms with Gasteiger partial charge in [-0.15, -0.1) is 0 Å². The van der Waals surface area contributed by atoms with Crippen LogP contribution in [0.25, 0.3) is 10.6 Å². The fourth-order valence-corrected chi connectivity index (χ4v) is 4.41. The Kier molecular flexibility index (Phi) is 4.73. The number of thiazole rings is 1. The minimum absolute atomic E-state index is 0.730. The third kappa shape index (κ3) is 3.86. The van der Waals surface area contributed by atoms with Gasteiger partial charge in [-0.2, -0.15) is 5.10 Å². The molecule has 1 aromatic carbocycles. The van der Waals surface area contributed by atoms with Crippen LogP contribution in [0.2, 0.25) is 0 Å². The summed E-state index contributed by atoms with van der Waals surface area (Å²) in [5.74, 6) is 1.02. The van der Waals surface area contributed by atoms with Crippen LogP contribution in [-0.4, -0.2) is 26.4 Å². The van der Waals surface area contributed by atoms with E-state index >= 15 is 0 Å². The number of aromatic nitrogens is 4. The number of nitrogens with zero attached hydrogens (tertiary/aromatic N) is 4. The van der Waals surface area contributed by atoms with E-state index < -0.39 is 0 Å². The first-order valence-electron chi connectivity index (χ1n) is 9.63. The highest BCUT2D eigenvalue weighted by Gasteiger charge is 2.14. The molecule has 0 spiro atoms. The van der Waals surface area contributed by atoms with Crippen molar-refractivity contribution in [2.45, 2.75) is 26.4 Å². The van der Waals surface area contributed by atoms with E-state index in [1.807, 2.05) is 36.0 Å². The molecule has 6 nitrogen and oxygen atoms in total. The van der Waals surface area contributed by atoms with Gasteiger partial charge in [0.25, 0.3) is 0 Å². The van der Waals surface area contributed by atoms with Gasteiger partial charge in [0.15, 0.2) is 5.13 Å². The van der Waals surface area contributed by atoms with Crippen LogP contribution in [0.15, 0.2) is 55.0 Å². The van der Waals surface area contributed by atoms with E-state index in [1.54, 1.807) is 23.7 Å². The summed E-state index contributed by atoms with van der Waals surface area (Å²) in [6.45, 7) is 4.30. The number of hydrogen-bond acceptors (Lipinski definition) is 6. The zero-order valence-electron chi connectivity index (χ0n) is 16.1. The highest BCUT2D eigenvalue weighted by molar-refractivity contribution is 7.19. The number of ether oxygens (including phenoxy) is 1. The third-order valence-electron chi connectivity index (χ3n) is 4.96. The molecule has 0 radical (unpaired) electrons. The van der Waals surface area contributed by atoms with E-state index in [4.69, 9.17) is 14.8 Å². The Bertz CT molecular complexity index is 1140. The lowest BCUT2D eigenvalue weighted by Crippen LogP contribution is -2.00. The molecule has 1 aliphatic rings. The summed E-state index contributed by atoms with van der Waals surface area (Å²) in [7, 11) is 0. The lowest BCUT2D eigenvalue weighted by molar-refractivity contribution is 0.357. The number of rotatable bonds is 6. The molecule has 3 aromatic heterocycles. The Balaban J connectivity index is 1.28. The average molecular weight is 404 g/mol. The number of fused-ring (bicyclic) bond motifs is 1. The molecule has 0 amide bonds. The second-order valence-electron chi connectivity index (χ2n) is 7.08. The summed E-state index contributed by atoms with van der Waals surface area (Å²) in [6.07, 6.45) is 6.61. The predicted octanol–water partition coefficient (Wildman–Crippen LogP) is 4.31. The molecule has 146 valence electrons. The topological polar surface area (TPSA) is 64.9 Å². The van der Waals surface area contributed by atoms with Gasteiger partial charge in [0.05, 0.1) is 23.7 Å². The number of aryl methyl sites for hydroxylation is 1. The Morgan fingerprint density at radius 2 is 2.03 bits per heavy atom. The van der Waals surface area contributed by atoms with Crippen LogP contribution in [0, 0.1) is 6.92 Å². The molecular formula is C22H21N5OS. The third-order valence-corrected chi connectivity index (χ3v) is 6.10. The average Bonchev–Trinajstić information content (AvgIpc) is 3.46. The zero-order valence-corrected chi connectivity index (χ0v) is 16.9. The summed E-state index contributed by atoms with van der Waals surface area (Å²) in [6, 6.07) is 12.5. The lowest BCUT2D eigenvalue weighted by Gasteiger charge is -2.05. The van der Waals surface area contributed by atoms with Crippen molar-refractivity contribution in [3.05, 3.63) is 77.4 Å². The van der Waals surface area contributed by atoms with Crippen LogP contribution in [0.3, 0.4) is 0 Å². The first kappa shape index (κ1) is 17.9. The minimum atomic E-state index is 0.730. The van der Waals surface area contributed by atoms with Crippen LogP contribution >= 0.6 is 11.3 Å². The summed E-state index contributed by atoms with van der Waals surface area (Å²) in [5.41, 5.74) is 5.66. The largest absolute Gasteiger partial charge is 0.493 e. The summed E-state index contributed by atoms with van der Waals surface area (Å²) >= 11 is 1.64. The van der Waals surface area contributed by atoms with Gasteiger partial charge >= 0.3 is 0 Å². The monoisotopic (exact) mass is 403 g/mol. The minimum Gasteiger partial charge on any atom is -0.493 e. The number of pyridine rings is 1. The summed E-state index contributed by atoms with van der Waals surface area (Å²) in [4.78, 5) is 9.85. The molecule has 4 aromatic rings. The molecule has 0 saturated heterocycles. The maximum atomic E-state index is 5.58. The van der Waals surface area contributed by atoms with E-state index in [0.29, 0.717) is 0 Å². The number of nitrogens with one attached hydrogen (secondary N) is 1. The summed E-state index contributed by atoms with van der Waals surface area (Å²) in [5, 5.41) is 9.10.